The van der Waals surface area contributed by atoms with Crippen molar-refractivity contribution in [2.75, 3.05) is 14.2 Å². The van der Waals surface area contributed by atoms with E-state index in [0.29, 0.717) is 5.41 Å². The van der Waals surface area contributed by atoms with Gasteiger partial charge in [0.1, 0.15) is 5.78 Å². The number of aryl methyl sites for hydroxylation is 1. The van der Waals surface area contributed by atoms with Gasteiger partial charge < -0.3 is 10.4 Å². The third kappa shape index (κ3) is 16.3. The quantitative estimate of drug-likeness (QED) is 0.197. The lowest BCUT2D eigenvalue weighted by Gasteiger charge is -2.25. The first-order chi connectivity index (χ1) is 20.5. The third-order valence-electron chi connectivity index (χ3n) is 6.78. The maximum Gasteiger partial charge on any atom is 0.230 e. The number of Topliss-reactive ketones (excluding diaryl/α,β-unsaturated/α-hetero) is 1. The number of carbonyl (C=O) groups excluding carboxylic acids is 2. The highest BCUT2D eigenvalue weighted by molar-refractivity contribution is 5.99. The van der Waals surface area contributed by atoms with Crippen molar-refractivity contribution in [3.05, 3.63) is 113 Å². The van der Waals surface area contributed by atoms with Crippen LogP contribution in [0.4, 0.5) is 0 Å². The zero-order valence-electron chi connectivity index (χ0n) is 27.9. The van der Waals surface area contributed by atoms with Crippen LogP contribution in [-0.2, 0) is 22.4 Å². The Morgan fingerprint density at radius 2 is 1.33 bits per heavy atom. The van der Waals surface area contributed by atoms with Crippen molar-refractivity contribution in [1.82, 2.24) is 5.32 Å². The van der Waals surface area contributed by atoms with Crippen molar-refractivity contribution in [2.45, 2.75) is 74.1 Å². The van der Waals surface area contributed by atoms with Gasteiger partial charge in [0.15, 0.2) is 0 Å². The average Bonchev–Trinajstić information content (AvgIpc) is 3.02. The summed E-state index contributed by atoms with van der Waals surface area (Å²) in [7, 11) is 2.52. The van der Waals surface area contributed by atoms with Crippen LogP contribution in [0.3, 0.4) is 0 Å². The molecule has 3 aromatic carbocycles. The van der Waals surface area contributed by atoms with Crippen LogP contribution < -0.4 is 5.32 Å². The Balaban J connectivity index is 0.00000115. The van der Waals surface area contributed by atoms with Gasteiger partial charge in [0.05, 0.1) is 5.92 Å². The molecule has 0 radical (unpaired) electrons. The van der Waals surface area contributed by atoms with E-state index in [0.717, 1.165) is 42.2 Å². The van der Waals surface area contributed by atoms with Gasteiger partial charge in [-0.3, -0.25) is 9.59 Å². The molecule has 1 unspecified atom stereocenters. The Morgan fingerprint density at radius 1 is 0.837 bits per heavy atom. The number of hydrogen-bond acceptors (Lipinski definition) is 3. The van der Waals surface area contributed by atoms with Crippen molar-refractivity contribution in [1.29, 1.82) is 0 Å². The normalized spacial score (nSPS) is 10.5. The zero-order chi connectivity index (χ0) is 32.8. The molecule has 3 rings (SSSR count). The first kappa shape index (κ1) is 39.1. The molecule has 43 heavy (non-hydrogen) atoms. The van der Waals surface area contributed by atoms with E-state index in [-0.39, 0.29) is 11.7 Å². The Labute approximate surface area is 261 Å². The number of nitrogens with one attached hydrogen (secondary N) is 1. The number of rotatable bonds is 9. The second-order valence-electron chi connectivity index (χ2n) is 10.9. The first-order valence-electron chi connectivity index (χ1n) is 15.1. The number of amides is 1. The zero-order valence-corrected chi connectivity index (χ0v) is 27.9. The monoisotopic (exact) mass is 583 g/mol. The van der Waals surface area contributed by atoms with Crippen molar-refractivity contribution in [3.63, 3.8) is 0 Å². The standard InChI is InChI=1S/C30H32.C6H11NO2.C2H6.CH4O/c1-24(2)29-20-18-27(19-21-29)13-12-26-14-16-28(17-15-26)23-30(3,4)22-8-11-25-9-6-5-7-10-25;1-4(5(2)8)6(9)7-3;2*1-2/h5-7,9-10,14-21H,1,8,11,22-23H2,2-4H3;4H,1-3H3,(H,7,9);1-2H3;2H,1H3. The van der Waals surface area contributed by atoms with E-state index in [2.05, 4.69) is 116 Å². The summed E-state index contributed by atoms with van der Waals surface area (Å²) in [4.78, 5) is 21.1. The van der Waals surface area contributed by atoms with Gasteiger partial charge in [0.25, 0.3) is 0 Å². The van der Waals surface area contributed by atoms with Crippen LogP contribution in [0.2, 0.25) is 0 Å². The molecule has 2 N–H and O–H groups in total. The number of carbonyl (C=O) groups is 2. The molecular formula is C39H53NO3. The van der Waals surface area contributed by atoms with Crippen LogP contribution in [0.15, 0.2) is 85.4 Å². The maximum atomic E-state index is 10.6. The Bertz CT molecular complexity index is 1280. The van der Waals surface area contributed by atoms with Crippen molar-refractivity contribution in [2.24, 2.45) is 11.3 Å². The summed E-state index contributed by atoms with van der Waals surface area (Å²) < 4.78 is 0. The van der Waals surface area contributed by atoms with E-state index in [1.165, 1.54) is 37.9 Å². The van der Waals surface area contributed by atoms with E-state index in [1.54, 1.807) is 6.92 Å². The second-order valence-corrected chi connectivity index (χ2v) is 10.9. The fourth-order valence-electron chi connectivity index (χ4n) is 4.15. The molecule has 0 heterocycles. The van der Waals surface area contributed by atoms with Gasteiger partial charge in [-0.15, -0.1) is 0 Å². The predicted molar refractivity (Wildman–Crippen MR) is 184 cm³/mol. The van der Waals surface area contributed by atoms with E-state index in [9.17, 15) is 9.59 Å². The van der Waals surface area contributed by atoms with Crippen molar-refractivity contribution in [3.8, 4) is 11.8 Å². The highest BCUT2D eigenvalue weighted by Gasteiger charge is 2.18. The van der Waals surface area contributed by atoms with Crippen LogP contribution >= 0.6 is 0 Å². The highest BCUT2D eigenvalue weighted by Crippen LogP contribution is 2.28. The molecule has 0 aromatic heterocycles. The molecule has 0 saturated heterocycles. The van der Waals surface area contributed by atoms with Gasteiger partial charge in [0, 0.05) is 25.3 Å². The summed E-state index contributed by atoms with van der Waals surface area (Å²) in [5.41, 5.74) is 7.45. The number of hydrogen-bond donors (Lipinski definition) is 2. The number of aliphatic hydroxyl groups is 1. The molecule has 232 valence electrons. The summed E-state index contributed by atoms with van der Waals surface area (Å²) in [5.74, 6) is 5.71. The molecule has 0 aliphatic heterocycles. The average molecular weight is 584 g/mol. The largest absolute Gasteiger partial charge is 0.400 e. The summed E-state index contributed by atoms with van der Waals surface area (Å²) in [6, 6.07) is 27.8. The topological polar surface area (TPSA) is 66.4 Å². The number of allylic oxidation sites excluding steroid dienone is 1. The first-order valence-corrected chi connectivity index (χ1v) is 15.1. The molecule has 0 spiro atoms. The molecule has 0 aliphatic carbocycles. The summed E-state index contributed by atoms with van der Waals surface area (Å²) >= 11 is 0. The Morgan fingerprint density at radius 3 is 1.74 bits per heavy atom. The van der Waals surface area contributed by atoms with Gasteiger partial charge in [0.2, 0.25) is 5.91 Å². The van der Waals surface area contributed by atoms with Crippen LogP contribution in [0, 0.1) is 23.2 Å². The molecule has 0 saturated carbocycles. The van der Waals surface area contributed by atoms with Gasteiger partial charge in [-0.25, -0.2) is 0 Å². The molecule has 3 aromatic rings. The lowest BCUT2D eigenvalue weighted by Crippen LogP contribution is -2.29. The lowest BCUT2D eigenvalue weighted by atomic mass is 9.81. The molecular weight excluding hydrogens is 530 g/mol. The van der Waals surface area contributed by atoms with Crippen LogP contribution in [-0.4, -0.2) is 31.0 Å². The SMILES string of the molecule is C=C(C)c1ccc(C#Cc2ccc(CC(C)(C)CCCc3ccccc3)cc2)cc1.CC.CNC(=O)C(C)C(C)=O.CO. The molecule has 1 atom stereocenters. The summed E-state index contributed by atoms with van der Waals surface area (Å²) in [6.45, 7) is 17.7. The number of benzene rings is 3. The minimum atomic E-state index is -0.505. The molecule has 0 fully saturated rings. The predicted octanol–water partition coefficient (Wildman–Crippen LogP) is 8.30. The van der Waals surface area contributed by atoms with Gasteiger partial charge in [-0.1, -0.05) is 106 Å². The summed E-state index contributed by atoms with van der Waals surface area (Å²) in [6.07, 6.45) is 4.71. The van der Waals surface area contributed by atoms with Crippen molar-refractivity contribution < 1.29 is 14.7 Å². The van der Waals surface area contributed by atoms with E-state index in [4.69, 9.17) is 5.11 Å². The second kappa shape index (κ2) is 21.7. The number of ketones is 1. The fourth-order valence-corrected chi connectivity index (χ4v) is 4.15. The van der Waals surface area contributed by atoms with E-state index >= 15 is 0 Å². The third-order valence-corrected chi connectivity index (χ3v) is 6.78. The fraction of sp³-hybridized carbons (Fsp3) is 0.385. The maximum absolute atomic E-state index is 10.6. The van der Waals surface area contributed by atoms with Gasteiger partial charge in [-0.2, -0.15) is 0 Å². The molecule has 0 aliphatic rings. The summed E-state index contributed by atoms with van der Waals surface area (Å²) in [5, 5.41) is 9.39. The van der Waals surface area contributed by atoms with E-state index in [1.807, 2.05) is 20.8 Å². The minimum absolute atomic E-state index is 0.102. The minimum Gasteiger partial charge on any atom is -0.400 e. The van der Waals surface area contributed by atoms with Crippen LogP contribution in [0.1, 0.15) is 89.1 Å². The molecule has 0 bridgehead atoms. The van der Waals surface area contributed by atoms with E-state index < -0.39 is 5.92 Å². The molecule has 4 nitrogen and oxygen atoms in total. The lowest BCUT2D eigenvalue weighted by molar-refractivity contribution is -0.131. The Hall–Kier alpha value is -3.94. The van der Waals surface area contributed by atoms with Crippen LogP contribution in [0.25, 0.3) is 5.57 Å². The Kier molecular flexibility index (Phi) is 19.7. The molecule has 4 heteroatoms. The number of aliphatic hydroxyl groups excluding tert-OH is 1. The molecule has 1 amide bonds. The van der Waals surface area contributed by atoms with Gasteiger partial charge >= 0.3 is 0 Å². The van der Waals surface area contributed by atoms with Gasteiger partial charge in [-0.05, 0) is 92.8 Å². The van der Waals surface area contributed by atoms with Crippen LogP contribution in [0.5, 0.6) is 0 Å². The smallest absolute Gasteiger partial charge is 0.230 e. The van der Waals surface area contributed by atoms with Crippen molar-refractivity contribution >= 4 is 17.3 Å². The highest BCUT2D eigenvalue weighted by atomic mass is 16.2.